The molecule has 8 heteroatoms. The van der Waals surface area contributed by atoms with Gasteiger partial charge in [0.1, 0.15) is 25.9 Å². The lowest BCUT2D eigenvalue weighted by molar-refractivity contribution is 0.0622. The lowest BCUT2D eigenvalue weighted by Crippen LogP contribution is -2.58. The predicted octanol–water partition coefficient (Wildman–Crippen LogP) is 5.43. The fraction of sp³-hybridized carbons (Fsp3) is 0.212. The van der Waals surface area contributed by atoms with Gasteiger partial charge in [0.05, 0.1) is 6.04 Å². The molecule has 1 aromatic heterocycles. The van der Waals surface area contributed by atoms with E-state index in [1.54, 1.807) is 21.8 Å². The summed E-state index contributed by atoms with van der Waals surface area (Å²) in [4.78, 5) is 29.2. The number of benzene rings is 3. The number of hydrogen-bond acceptors (Lipinski definition) is 5. The SMILES string of the molecule is CC[C@@H]1/C=C/COc2c(F)cccc2[C@@H](c2ccccc2)N2CN1C(=O)c1c(OCc3ccccc3)c(=O)ccn12. The Morgan fingerprint density at radius 1 is 0.951 bits per heavy atom. The van der Waals surface area contributed by atoms with Crippen molar-refractivity contribution in [2.45, 2.75) is 32.0 Å². The van der Waals surface area contributed by atoms with Crippen molar-refractivity contribution in [2.24, 2.45) is 0 Å². The lowest BCUT2D eigenvalue weighted by atomic mass is 9.96. The highest BCUT2D eigenvalue weighted by atomic mass is 19.1. The minimum absolute atomic E-state index is 0.0210. The van der Waals surface area contributed by atoms with Gasteiger partial charge in [0, 0.05) is 17.8 Å². The molecule has 0 spiro atoms. The monoisotopic (exact) mass is 551 g/mol. The van der Waals surface area contributed by atoms with Crippen LogP contribution in [-0.2, 0) is 6.61 Å². The second-order valence-corrected chi connectivity index (χ2v) is 10.0. The van der Waals surface area contributed by atoms with E-state index >= 15 is 4.39 Å². The van der Waals surface area contributed by atoms with E-state index in [4.69, 9.17) is 9.47 Å². The number of aromatic nitrogens is 1. The van der Waals surface area contributed by atoms with E-state index in [1.807, 2.05) is 90.8 Å². The molecule has 0 radical (unpaired) electrons. The molecular weight excluding hydrogens is 521 g/mol. The van der Waals surface area contributed by atoms with Gasteiger partial charge in [0.2, 0.25) is 5.43 Å². The van der Waals surface area contributed by atoms with Gasteiger partial charge in [0.25, 0.3) is 5.91 Å². The Bertz CT molecular complexity index is 1640. The summed E-state index contributed by atoms with van der Waals surface area (Å²) >= 11 is 0. The van der Waals surface area contributed by atoms with Crippen molar-refractivity contribution >= 4 is 5.91 Å². The molecule has 1 amide bonds. The Kier molecular flexibility index (Phi) is 7.29. The topological polar surface area (TPSA) is 64.0 Å². The number of hydrogen-bond donors (Lipinski definition) is 0. The van der Waals surface area contributed by atoms with Crippen molar-refractivity contribution in [3.05, 3.63) is 142 Å². The first-order chi connectivity index (χ1) is 20.1. The average Bonchev–Trinajstić information content (AvgIpc) is 3.02. The van der Waals surface area contributed by atoms with Crippen molar-refractivity contribution < 1.29 is 18.7 Å². The standard InChI is InChI=1S/C33H30FN3O4/c1-2-25-15-10-20-40-31-26(16-9-17-27(31)34)29(24-13-7-4-8-14-24)37-22-35(25)33(39)30-32(28(38)18-19-36(30)37)41-21-23-11-5-3-6-12-23/h3-19,25,29H,2,20-22H2,1H3/b15-10+/t25-,29-/m1/s1. The van der Waals surface area contributed by atoms with Crippen LogP contribution in [0.1, 0.15) is 46.6 Å². The number of fused-ring (bicyclic) bond motifs is 5. The molecule has 3 aromatic carbocycles. The molecule has 3 heterocycles. The van der Waals surface area contributed by atoms with Crippen LogP contribution in [0.15, 0.2) is 108 Å². The van der Waals surface area contributed by atoms with Crippen LogP contribution < -0.4 is 19.9 Å². The number of nitrogens with zero attached hydrogens (tertiary/aromatic N) is 3. The summed E-state index contributed by atoms with van der Waals surface area (Å²) in [5, 5.41) is 1.96. The Morgan fingerprint density at radius 3 is 2.46 bits per heavy atom. The predicted molar refractivity (Wildman–Crippen MR) is 154 cm³/mol. The van der Waals surface area contributed by atoms with Crippen molar-refractivity contribution in [1.82, 2.24) is 9.58 Å². The first-order valence-electron chi connectivity index (χ1n) is 13.7. The van der Waals surface area contributed by atoms with Gasteiger partial charge in [-0.25, -0.2) is 4.39 Å². The van der Waals surface area contributed by atoms with E-state index in [1.165, 1.54) is 12.1 Å². The highest BCUT2D eigenvalue weighted by Gasteiger charge is 2.40. The summed E-state index contributed by atoms with van der Waals surface area (Å²) in [5.74, 6) is -0.662. The first-order valence-corrected chi connectivity index (χ1v) is 13.7. The lowest BCUT2D eigenvalue weighted by Gasteiger charge is -2.46. The molecule has 0 saturated heterocycles. The van der Waals surface area contributed by atoms with Gasteiger partial charge in [-0.15, -0.1) is 0 Å². The second-order valence-electron chi connectivity index (χ2n) is 10.0. The van der Waals surface area contributed by atoms with Crippen molar-refractivity contribution in [1.29, 1.82) is 0 Å². The minimum atomic E-state index is -0.559. The van der Waals surface area contributed by atoms with Crippen LogP contribution in [0.3, 0.4) is 0 Å². The molecular formula is C33H30FN3O4. The maximum Gasteiger partial charge on any atom is 0.278 e. The van der Waals surface area contributed by atoms with Crippen molar-refractivity contribution in [3.63, 3.8) is 0 Å². The minimum Gasteiger partial charge on any atom is -0.486 e. The smallest absolute Gasteiger partial charge is 0.278 e. The number of amides is 1. The number of halogens is 1. The third-order valence-corrected chi connectivity index (χ3v) is 7.50. The van der Waals surface area contributed by atoms with Crippen LogP contribution in [0.2, 0.25) is 0 Å². The third kappa shape index (κ3) is 4.97. The molecule has 0 aliphatic carbocycles. The van der Waals surface area contributed by atoms with Crippen molar-refractivity contribution in [3.8, 4) is 11.5 Å². The van der Waals surface area contributed by atoms with E-state index in [9.17, 15) is 9.59 Å². The molecule has 0 fully saturated rings. The van der Waals surface area contributed by atoms with Crippen LogP contribution >= 0.6 is 0 Å². The fourth-order valence-electron chi connectivity index (χ4n) is 5.52. The first kappa shape index (κ1) is 26.4. The molecule has 0 N–H and O–H groups in total. The largest absolute Gasteiger partial charge is 0.486 e. The average molecular weight is 552 g/mol. The molecule has 0 unspecified atom stereocenters. The molecule has 208 valence electrons. The Labute approximate surface area is 237 Å². The summed E-state index contributed by atoms with van der Waals surface area (Å²) in [6.45, 7) is 2.45. The quantitative estimate of drug-likeness (QED) is 0.310. The number of rotatable bonds is 5. The highest BCUT2D eigenvalue weighted by Crippen LogP contribution is 2.39. The zero-order chi connectivity index (χ0) is 28.3. The van der Waals surface area contributed by atoms with Crippen LogP contribution in [0, 0.1) is 5.82 Å². The van der Waals surface area contributed by atoms with E-state index < -0.39 is 11.9 Å². The maximum absolute atomic E-state index is 15.3. The number of ether oxygens (including phenoxy) is 2. The number of pyridine rings is 1. The normalized spacial score (nSPS) is 18.9. The summed E-state index contributed by atoms with van der Waals surface area (Å²) in [6.07, 6.45) is 5.93. The molecule has 4 aromatic rings. The molecule has 0 saturated carbocycles. The molecule has 7 nitrogen and oxygen atoms in total. The van der Waals surface area contributed by atoms with Gasteiger partial charge >= 0.3 is 0 Å². The Hall–Kier alpha value is -4.85. The number of carbonyl (C=O) groups is 1. The Balaban J connectivity index is 1.58. The van der Waals surface area contributed by atoms with E-state index in [2.05, 4.69) is 0 Å². The van der Waals surface area contributed by atoms with Gasteiger partial charge in [-0.2, -0.15) is 0 Å². The molecule has 2 bridgehead atoms. The maximum atomic E-state index is 15.3. The van der Waals surface area contributed by atoms with Crippen molar-refractivity contribution in [2.75, 3.05) is 18.3 Å². The van der Waals surface area contributed by atoms with Crippen LogP contribution in [-0.4, -0.2) is 34.8 Å². The van der Waals surface area contributed by atoms with Crippen LogP contribution in [0.4, 0.5) is 4.39 Å². The summed E-state index contributed by atoms with van der Waals surface area (Å²) < 4.78 is 29.1. The summed E-state index contributed by atoms with van der Waals surface area (Å²) in [6, 6.07) is 24.6. The molecule has 41 heavy (non-hydrogen) atoms. The second kappa shape index (κ2) is 11.3. The molecule has 2 aliphatic rings. The van der Waals surface area contributed by atoms with Gasteiger partial charge in [-0.1, -0.05) is 85.8 Å². The molecule has 2 aliphatic heterocycles. The van der Waals surface area contributed by atoms with E-state index in [0.717, 1.165) is 11.1 Å². The summed E-state index contributed by atoms with van der Waals surface area (Å²) in [7, 11) is 0. The zero-order valence-corrected chi connectivity index (χ0v) is 22.7. The Morgan fingerprint density at radius 2 is 1.71 bits per heavy atom. The van der Waals surface area contributed by atoms with E-state index in [0.29, 0.717) is 12.0 Å². The number of carbonyl (C=O) groups excluding carboxylic acids is 1. The van der Waals surface area contributed by atoms with Gasteiger partial charge < -0.3 is 14.4 Å². The molecule has 6 rings (SSSR count). The highest BCUT2D eigenvalue weighted by molar-refractivity contribution is 5.96. The zero-order valence-electron chi connectivity index (χ0n) is 22.7. The fourth-order valence-corrected chi connectivity index (χ4v) is 5.52. The van der Waals surface area contributed by atoms with Crippen LogP contribution in [0.25, 0.3) is 0 Å². The van der Waals surface area contributed by atoms with Crippen LogP contribution in [0.5, 0.6) is 11.5 Å². The van der Waals surface area contributed by atoms with E-state index in [-0.39, 0.29) is 54.5 Å². The summed E-state index contributed by atoms with van der Waals surface area (Å²) in [5.41, 5.74) is 2.08. The molecule has 2 atom stereocenters. The number of para-hydroxylation sites is 1. The van der Waals surface area contributed by atoms with Gasteiger partial charge in [0.15, 0.2) is 23.0 Å². The third-order valence-electron chi connectivity index (χ3n) is 7.50. The van der Waals surface area contributed by atoms with Gasteiger partial charge in [-0.3, -0.25) is 19.3 Å². The van der Waals surface area contributed by atoms with Gasteiger partial charge in [-0.05, 0) is 29.7 Å².